The van der Waals surface area contributed by atoms with Crippen LogP contribution in [0.5, 0.6) is 0 Å². The maximum Gasteiger partial charge on any atom is 0.198 e. The number of hydrogen-bond donors (Lipinski definition) is 2. The fraction of sp³-hybridized carbons (Fsp3) is 0.333. The van der Waals surface area contributed by atoms with Crippen molar-refractivity contribution in [3.63, 3.8) is 0 Å². The second kappa shape index (κ2) is 51.4. The molecule has 0 aliphatic heterocycles. The van der Waals surface area contributed by atoms with Crippen LogP contribution in [0, 0.1) is 35.5 Å². The molecule has 0 bridgehead atoms. The summed E-state index contributed by atoms with van der Waals surface area (Å²) in [5.74, 6) is 6.72. The van der Waals surface area contributed by atoms with E-state index in [-0.39, 0.29) is 0 Å². The molecule has 12 nitrogen and oxygen atoms in total. The van der Waals surface area contributed by atoms with Crippen LogP contribution in [0.1, 0.15) is 175 Å². The van der Waals surface area contributed by atoms with Crippen LogP contribution in [0.15, 0.2) is 264 Å². The number of oxazole rings is 2. The van der Waals surface area contributed by atoms with Gasteiger partial charge in [0.05, 0.1) is 76.7 Å². The van der Waals surface area contributed by atoms with Gasteiger partial charge in [0, 0.05) is 35.0 Å². The number of pyridine rings is 2. The standard InChI is InChI=1S/C10H11NO.C10H11NS.2C9H7N.2C7H6N2.C7H5NO.C7H5NS.6C4H10/c2*1-7(2)10-11-8-5-3-4-6-9(8)12-10;2*1-2-6-9-8(4-1)5-3-7-10-9;4*1-2-4-7-6(3-1)8-5-9-7;6*1-4(2)3/h2*3-7H,1-2H3;2*1-7H;2*1-5H,(H,8,9);2*1-5H;6*4H,1-3H3. The van der Waals surface area contributed by atoms with Crippen LogP contribution in [0.3, 0.4) is 0 Å². The average molecular weight is 1440 g/mol. The molecule has 16 rings (SSSR count). The second-order valence-corrected chi connectivity index (χ2v) is 30.6. The molecule has 552 valence electrons. The molecule has 2 N–H and O–H groups in total. The number of rotatable bonds is 2. The van der Waals surface area contributed by atoms with Crippen molar-refractivity contribution in [1.29, 1.82) is 0 Å². The van der Waals surface area contributed by atoms with Gasteiger partial charge in [-0.1, -0.05) is 274 Å². The summed E-state index contributed by atoms with van der Waals surface area (Å²) >= 11 is 3.47. The van der Waals surface area contributed by atoms with Crippen LogP contribution in [-0.2, 0) is 0 Å². The van der Waals surface area contributed by atoms with Gasteiger partial charge in [0.15, 0.2) is 23.5 Å². The number of aromatic nitrogens is 10. The lowest BCUT2D eigenvalue weighted by molar-refractivity contribution is 0.501. The number of hydrogen-bond acceptors (Lipinski definition) is 12. The van der Waals surface area contributed by atoms with Crippen LogP contribution in [0.4, 0.5) is 0 Å². The molecule has 0 saturated carbocycles. The summed E-state index contributed by atoms with van der Waals surface area (Å²) in [7, 11) is 0. The van der Waals surface area contributed by atoms with Crippen LogP contribution in [0.25, 0.3) is 86.5 Å². The fourth-order valence-corrected chi connectivity index (χ4v) is 9.32. The third-order valence-corrected chi connectivity index (χ3v) is 13.9. The van der Waals surface area contributed by atoms with Gasteiger partial charge in [0.25, 0.3) is 0 Å². The van der Waals surface area contributed by atoms with Crippen molar-refractivity contribution in [3.8, 4) is 0 Å². The molecular weight excluding hydrogens is 1320 g/mol. The van der Waals surface area contributed by atoms with Crippen molar-refractivity contribution in [1.82, 2.24) is 49.8 Å². The van der Waals surface area contributed by atoms with Crippen molar-refractivity contribution in [2.45, 2.75) is 164 Å². The SMILES string of the molecule is CC(C)C.CC(C)C.CC(C)C.CC(C)C.CC(C)C.CC(C)C.CC(C)c1nc2ccccc2o1.CC(C)c1nc2ccccc2s1.c1ccc2[nH]cnc2c1.c1ccc2[nH]cnc2c1.c1ccc2ncccc2c1.c1ccc2ncccc2c1.c1ccc2ocnc2c1.c1ccc2scnc2c1. The molecule has 8 heterocycles. The molecule has 0 aliphatic rings. The first-order valence-corrected chi connectivity index (χ1v) is 38.1. The van der Waals surface area contributed by atoms with Gasteiger partial charge >= 0.3 is 0 Å². The van der Waals surface area contributed by atoms with E-state index in [4.69, 9.17) is 8.83 Å². The largest absolute Gasteiger partial charge is 0.443 e. The van der Waals surface area contributed by atoms with Gasteiger partial charge in [-0.05, 0) is 133 Å². The molecule has 0 radical (unpaired) electrons. The maximum atomic E-state index is 5.52. The van der Waals surface area contributed by atoms with Gasteiger partial charge in [-0.15, -0.1) is 22.7 Å². The molecule has 16 aromatic rings. The summed E-state index contributed by atoms with van der Waals surface area (Å²) < 4.78 is 13.1. The number of nitrogens with zero attached hydrogens (tertiary/aromatic N) is 8. The summed E-state index contributed by atoms with van der Waals surface area (Å²) in [5, 5.41) is 3.63. The average Bonchev–Trinajstić information content (AvgIpc) is 1.61. The highest BCUT2D eigenvalue weighted by Gasteiger charge is 2.08. The third-order valence-electron chi connectivity index (χ3n) is 11.8. The highest BCUT2D eigenvalue weighted by Crippen LogP contribution is 2.27. The molecule has 0 atom stereocenters. The monoisotopic (exact) mass is 1430 g/mol. The van der Waals surface area contributed by atoms with E-state index >= 15 is 0 Å². The number of benzene rings is 8. The first kappa shape index (κ1) is 88.5. The van der Waals surface area contributed by atoms with Gasteiger partial charge in [-0.2, -0.15) is 0 Å². The summed E-state index contributed by atoms with van der Waals surface area (Å²) in [6, 6.07) is 72.0. The molecule has 0 spiro atoms. The molecule has 0 unspecified atom stereocenters. The van der Waals surface area contributed by atoms with Gasteiger partial charge < -0.3 is 18.8 Å². The maximum absolute atomic E-state index is 5.52. The lowest BCUT2D eigenvalue weighted by Crippen LogP contribution is -1.84. The Morgan fingerprint density at radius 3 is 1.07 bits per heavy atom. The third kappa shape index (κ3) is 39.0. The lowest BCUT2D eigenvalue weighted by Gasteiger charge is -1.94. The molecule has 8 aromatic carbocycles. The number of nitrogens with one attached hydrogen (secondary N) is 2. The number of H-pyrrole nitrogens is 2. The van der Waals surface area contributed by atoms with Crippen molar-refractivity contribution in [3.05, 3.63) is 266 Å². The van der Waals surface area contributed by atoms with E-state index in [0.29, 0.717) is 11.8 Å². The minimum atomic E-state index is 0.359. The van der Waals surface area contributed by atoms with Gasteiger partial charge in [0.2, 0.25) is 0 Å². The van der Waals surface area contributed by atoms with Gasteiger partial charge in [0.1, 0.15) is 11.0 Å². The van der Waals surface area contributed by atoms with Crippen molar-refractivity contribution in [2.75, 3.05) is 0 Å². The topological polar surface area (TPSA) is 161 Å². The fourth-order valence-electron chi connectivity index (χ4n) is 7.67. The Morgan fingerprint density at radius 2 is 0.663 bits per heavy atom. The number of para-hydroxylation sites is 12. The van der Waals surface area contributed by atoms with E-state index in [0.717, 1.165) is 108 Å². The smallest absolute Gasteiger partial charge is 0.198 e. The normalized spacial score (nSPS) is 10.1. The molecular formula is C90H118N10O2S2. The van der Waals surface area contributed by atoms with Crippen LogP contribution < -0.4 is 0 Å². The highest BCUT2D eigenvalue weighted by molar-refractivity contribution is 7.18. The van der Waals surface area contributed by atoms with Gasteiger partial charge in [-0.3, -0.25) is 9.97 Å². The quantitative estimate of drug-likeness (QED) is 0.170. The first-order valence-electron chi connectivity index (χ1n) is 36.4. The van der Waals surface area contributed by atoms with E-state index in [9.17, 15) is 0 Å². The minimum absolute atomic E-state index is 0.359. The van der Waals surface area contributed by atoms with Crippen molar-refractivity contribution in [2.24, 2.45) is 35.5 Å². The van der Waals surface area contributed by atoms with E-state index in [1.165, 1.54) is 31.6 Å². The molecule has 8 aromatic heterocycles. The number of thiazole rings is 2. The van der Waals surface area contributed by atoms with E-state index in [1.807, 2.05) is 188 Å². The Balaban J connectivity index is 0.000000296. The Kier molecular flexibility index (Phi) is 43.7. The van der Waals surface area contributed by atoms with Gasteiger partial charge in [-0.25, -0.2) is 29.9 Å². The zero-order chi connectivity index (χ0) is 76.6. The zero-order valence-electron chi connectivity index (χ0n) is 66.1. The molecule has 0 amide bonds. The molecule has 104 heavy (non-hydrogen) atoms. The number of aromatic amines is 2. The summed E-state index contributed by atoms with van der Waals surface area (Å²) in [5.41, 5.74) is 14.0. The Morgan fingerprint density at radius 1 is 0.298 bits per heavy atom. The minimum Gasteiger partial charge on any atom is -0.443 e. The van der Waals surface area contributed by atoms with E-state index < -0.39 is 0 Å². The molecule has 0 saturated heterocycles. The second-order valence-electron chi connectivity index (χ2n) is 28.6. The number of imidazole rings is 2. The summed E-state index contributed by atoms with van der Waals surface area (Å²) in [6.45, 7) is 47.5. The summed E-state index contributed by atoms with van der Waals surface area (Å²) in [4.78, 5) is 39.5. The first-order chi connectivity index (χ1) is 49.7. The predicted molar refractivity (Wildman–Crippen MR) is 454 cm³/mol. The Hall–Kier alpha value is -9.76. The Bertz CT molecular complexity index is 3950. The molecule has 14 heteroatoms. The van der Waals surface area contributed by atoms with E-state index in [1.54, 1.807) is 35.3 Å². The zero-order valence-corrected chi connectivity index (χ0v) is 67.7. The van der Waals surface area contributed by atoms with Crippen molar-refractivity contribution < 1.29 is 8.83 Å². The Labute approximate surface area is 629 Å². The molecule has 0 fully saturated rings. The van der Waals surface area contributed by atoms with Crippen LogP contribution in [-0.4, -0.2) is 49.8 Å². The van der Waals surface area contributed by atoms with Crippen molar-refractivity contribution >= 4 is 109 Å². The van der Waals surface area contributed by atoms with Crippen LogP contribution in [0.2, 0.25) is 0 Å². The molecule has 0 aliphatic carbocycles. The predicted octanol–water partition coefficient (Wildman–Crippen LogP) is 28.1. The van der Waals surface area contributed by atoms with E-state index in [2.05, 4.69) is 251 Å². The van der Waals surface area contributed by atoms with Crippen LogP contribution >= 0.6 is 22.7 Å². The summed E-state index contributed by atoms with van der Waals surface area (Å²) in [6.07, 6.45) is 8.46. The lowest BCUT2D eigenvalue weighted by atomic mass is 10.2. The number of fused-ring (bicyclic) bond motifs is 8. The highest BCUT2D eigenvalue weighted by atomic mass is 32.1.